The van der Waals surface area contributed by atoms with Gasteiger partial charge in [0.2, 0.25) is 0 Å². The van der Waals surface area contributed by atoms with Crippen LogP contribution < -0.4 is 10.6 Å². The average Bonchev–Trinajstić information content (AvgIpc) is 3.72. The van der Waals surface area contributed by atoms with Crippen LogP contribution >= 0.6 is 0 Å². The van der Waals surface area contributed by atoms with Crippen LogP contribution in [0.4, 0.5) is 22.7 Å². The first-order valence-corrected chi connectivity index (χ1v) is 14.4. The molecule has 48 heavy (non-hydrogen) atoms. The molecule has 0 bridgehead atoms. The Bertz CT molecular complexity index is 2250. The molecular formula is C34H22N8O6. The molecule has 0 aliphatic heterocycles. The maximum atomic E-state index is 12.8. The summed E-state index contributed by atoms with van der Waals surface area (Å²) in [6.07, 6.45) is 0. The second kappa shape index (κ2) is 11.9. The molecule has 5 aromatic carbocycles. The van der Waals surface area contributed by atoms with Gasteiger partial charge in [0, 0.05) is 34.6 Å². The lowest BCUT2D eigenvalue weighted by atomic mass is 10.1. The van der Waals surface area contributed by atoms with Crippen molar-refractivity contribution in [2.24, 2.45) is 0 Å². The van der Waals surface area contributed by atoms with E-state index in [0.717, 1.165) is 11.1 Å². The highest BCUT2D eigenvalue weighted by Crippen LogP contribution is 2.28. The molecule has 0 fully saturated rings. The van der Waals surface area contributed by atoms with Crippen LogP contribution in [0.5, 0.6) is 0 Å². The van der Waals surface area contributed by atoms with Crippen LogP contribution in [0.15, 0.2) is 109 Å². The Kier molecular flexibility index (Phi) is 7.34. The van der Waals surface area contributed by atoms with Crippen molar-refractivity contribution in [1.29, 1.82) is 0 Å². The Labute approximate surface area is 269 Å². The maximum Gasteiger partial charge on any atom is 0.282 e. The first kappa shape index (κ1) is 29.5. The van der Waals surface area contributed by atoms with Crippen LogP contribution in [-0.4, -0.2) is 41.6 Å². The molecule has 2 amide bonds. The van der Waals surface area contributed by atoms with E-state index >= 15 is 0 Å². The number of nitro groups is 2. The summed E-state index contributed by atoms with van der Waals surface area (Å²) in [5, 5.41) is 28.1. The average molecular weight is 639 g/mol. The minimum Gasteiger partial charge on any atom is -0.338 e. The van der Waals surface area contributed by atoms with E-state index in [9.17, 15) is 29.8 Å². The van der Waals surface area contributed by atoms with Crippen molar-refractivity contribution in [2.45, 2.75) is 0 Å². The number of aromatic nitrogens is 4. The number of carbonyl (C=O) groups is 2. The van der Waals surface area contributed by atoms with Crippen molar-refractivity contribution < 1.29 is 19.4 Å². The van der Waals surface area contributed by atoms with Gasteiger partial charge in [-0.1, -0.05) is 48.5 Å². The number of nitro benzene ring substituents is 2. The standard InChI is InChI=1S/C34H22N8O6/c43-33(23-5-1-3-7-29(23)41(45)46)35-21-13-15-25-27(17-21)39-31(37-25)19-9-11-20(12-10-19)32-38-26-16-14-22(18-28(26)40-32)36-34(44)24-6-2-4-8-30(24)42(47)48/h1-18H,(H,35,43)(H,36,44)(H,37,39)(H,38,40). The Morgan fingerprint density at radius 1 is 0.562 bits per heavy atom. The van der Waals surface area contributed by atoms with Crippen molar-refractivity contribution in [1.82, 2.24) is 19.9 Å². The fraction of sp³-hybridized carbons (Fsp3) is 0. The minimum absolute atomic E-state index is 0.0407. The van der Waals surface area contributed by atoms with Gasteiger partial charge in [-0.15, -0.1) is 0 Å². The SMILES string of the molecule is O=C(Nc1ccc2nc(-c3ccc(-c4nc5ccc(NC(=O)c6ccccc6[N+](=O)[O-])cc5[nH]4)cc3)[nH]c2c1)c1ccccc1[N+](=O)[O-]. The molecular weight excluding hydrogens is 616 g/mol. The van der Waals surface area contributed by atoms with Gasteiger partial charge in [-0.3, -0.25) is 29.8 Å². The summed E-state index contributed by atoms with van der Waals surface area (Å²) < 4.78 is 0. The smallest absolute Gasteiger partial charge is 0.282 e. The van der Waals surface area contributed by atoms with E-state index in [0.29, 0.717) is 45.1 Å². The molecule has 14 nitrogen and oxygen atoms in total. The van der Waals surface area contributed by atoms with Crippen molar-refractivity contribution >= 4 is 56.6 Å². The fourth-order valence-corrected chi connectivity index (χ4v) is 5.28. The molecule has 0 spiro atoms. The third kappa shape index (κ3) is 5.67. The van der Waals surface area contributed by atoms with Gasteiger partial charge < -0.3 is 20.6 Å². The lowest BCUT2D eigenvalue weighted by Crippen LogP contribution is -2.13. The highest BCUT2D eigenvalue weighted by molar-refractivity contribution is 6.08. The van der Waals surface area contributed by atoms with Gasteiger partial charge in [0.25, 0.3) is 23.2 Å². The molecule has 14 heteroatoms. The number of benzene rings is 5. The molecule has 0 saturated carbocycles. The van der Waals surface area contributed by atoms with Crippen LogP contribution in [0.1, 0.15) is 20.7 Å². The zero-order chi connectivity index (χ0) is 33.4. The minimum atomic E-state index is -0.595. The number of aromatic amines is 2. The first-order chi connectivity index (χ1) is 23.2. The number of rotatable bonds is 8. The van der Waals surface area contributed by atoms with Crippen LogP contribution in [0.25, 0.3) is 44.8 Å². The molecule has 7 aromatic rings. The topological polar surface area (TPSA) is 202 Å². The summed E-state index contributed by atoms with van der Waals surface area (Å²) in [4.78, 5) is 62.8. The van der Waals surface area contributed by atoms with Crippen LogP contribution in [0.2, 0.25) is 0 Å². The van der Waals surface area contributed by atoms with Gasteiger partial charge in [-0.25, -0.2) is 9.97 Å². The predicted molar refractivity (Wildman–Crippen MR) is 179 cm³/mol. The quantitative estimate of drug-likeness (QED) is 0.0997. The molecule has 0 aliphatic carbocycles. The van der Waals surface area contributed by atoms with Gasteiger partial charge in [-0.05, 0) is 48.5 Å². The summed E-state index contributed by atoms with van der Waals surface area (Å²) in [6.45, 7) is 0. The summed E-state index contributed by atoms with van der Waals surface area (Å²) in [6, 6.07) is 29.3. The molecule has 0 aliphatic rings. The fourth-order valence-electron chi connectivity index (χ4n) is 5.28. The number of anilines is 2. The van der Waals surface area contributed by atoms with Crippen molar-refractivity contribution in [2.75, 3.05) is 10.6 Å². The number of fused-ring (bicyclic) bond motifs is 2. The molecule has 2 aromatic heterocycles. The predicted octanol–water partition coefficient (Wildman–Crippen LogP) is 7.09. The lowest BCUT2D eigenvalue weighted by Gasteiger charge is -2.05. The summed E-state index contributed by atoms with van der Waals surface area (Å²) in [5.41, 5.74) is 4.52. The second-order valence-electron chi connectivity index (χ2n) is 10.7. The molecule has 0 saturated heterocycles. The zero-order valence-corrected chi connectivity index (χ0v) is 24.6. The van der Waals surface area contributed by atoms with E-state index < -0.39 is 21.7 Å². The Hall–Kier alpha value is -7.22. The number of hydrogen-bond acceptors (Lipinski definition) is 8. The van der Waals surface area contributed by atoms with Gasteiger partial charge in [0.05, 0.1) is 31.9 Å². The number of carbonyl (C=O) groups excluding carboxylic acids is 2. The number of imidazole rings is 2. The van der Waals surface area contributed by atoms with Crippen molar-refractivity contribution in [3.05, 3.63) is 141 Å². The van der Waals surface area contributed by atoms with Crippen molar-refractivity contribution in [3.63, 3.8) is 0 Å². The molecule has 4 N–H and O–H groups in total. The van der Waals surface area contributed by atoms with Gasteiger partial charge in [0.15, 0.2) is 0 Å². The number of amides is 2. The normalized spacial score (nSPS) is 11.0. The van der Waals surface area contributed by atoms with Gasteiger partial charge in [-0.2, -0.15) is 0 Å². The maximum absolute atomic E-state index is 12.8. The lowest BCUT2D eigenvalue weighted by molar-refractivity contribution is -0.385. The number of H-pyrrole nitrogens is 2. The molecule has 7 rings (SSSR count). The molecule has 0 radical (unpaired) electrons. The van der Waals surface area contributed by atoms with Gasteiger partial charge >= 0.3 is 0 Å². The van der Waals surface area contributed by atoms with Crippen molar-refractivity contribution in [3.8, 4) is 22.8 Å². The van der Waals surface area contributed by atoms with E-state index in [1.165, 1.54) is 36.4 Å². The van der Waals surface area contributed by atoms with E-state index in [-0.39, 0.29) is 22.5 Å². The molecule has 0 unspecified atom stereocenters. The van der Waals surface area contributed by atoms with Crippen LogP contribution in [0, 0.1) is 20.2 Å². The van der Waals surface area contributed by atoms with Crippen LogP contribution in [-0.2, 0) is 0 Å². The summed E-state index contributed by atoms with van der Waals surface area (Å²) in [5.74, 6) is 0.00810. The highest BCUT2D eigenvalue weighted by atomic mass is 16.6. The highest BCUT2D eigenvalue weighted by Gasteiger charge is 2.21. The summed E-state index contributed by atoms with van der Waals surface area (Å²) >= 11 is 0. The Balaban J connectivity index is 1.07. The molecule has 0 atom stereocenters. The van der Waals surface area contributed by atoms with E-state index in [1.54, 1.807) is 48.5 Å². The zero-order valence-electron chi connectivity index (χ0n) is 24.6. The Morgan fingerprint density at radius 2 is 0.958 bits per heavy atom. The Morgan fingerprint density at radius 3 is 1.35 bits per heavy atom. The van der Waals surface area contributed by atoms with E-state index in [4.69, 9.17) is 0 Å². The molecule has 234 valence electrons. The first-order valence-electron chi connectivity index (χ1n) is 14.4. The monoisotopic (exact) mass is 638 g/mol. The number of nitrogens with one attached hydrogen (secondary N) is 4. The largest absolute Gasteiger partial charge is 0.338 e. The van der Waals surface area contributed by atoms with E-state index in [1.807, 2.05) is 24.3 Å². The van der Waals surface area contributed by atoms with E-state index in [2.05, 4.69) is 30.6 Å². The molecule has 2 heterocycles. The third-order valence-electron chi connectivity index (χ3n) is 7.60. The number of hydrogen-bond donors (Lipinski definition) is 4. The number of nitrogens with zero attached hydrogens (tertiary/aromatic N) is 4. The van der Waals surface area contributed by atoms with Gasteiger partial charge in [0.1, 0.15) is 22.8 Å². The third-order valence-corrected chi connectivity index (χ3v) is 7.60. The van der Waals surface area contributed by atoms with Crippen LogP contribution in [0.3, 0.4) is 0 Å². The number of para-hydroxylation sites is 2. The summed E-state index contributed by atoms with van der Waals surface area (Å²) in [7, 11) is 0. The second-order valence-corrected chi connectivity index (χ2v) is 10.7.